The van der Waals surface area contributed by atoms with E-state index in [1.807, 2.05) is 62.4 Å². The van der Waals surface area contributed by atoms with Crippen LogP contribution in [0.4, 0.5) is 4.79 Å². The number of carboxylic acid groups (broad SMARTS) is 1. The Hall–Kier alpha value is -6.00. The molecule has 4 rings (SSSR count). The molecule has 3 aromatic carbocycles. The zero-order chi connectivity index (χ0) is 43.6. The molecule has 1 aliphatic carbocycles. The monoisotopic (exact) mass is 847 g/mol. The fourth-order valence-corrected chi connectivity index (χ4v) is 7.01. The van der Waals surface area contributed by atoms with Gasteiger partial charge in [0.05, 0.1) is 19.0 Å². The molecule has 6 amide bonds. The number of amides is 6. The van der Waals surface area contributed by atoms with Crippen molar-refractivity contribution in [2.24, 2.45) is 11.7 Å². The van der Waals surface area contributed by atoms with Crippen LogP contribution >= 0.6 is 11.6 Å². The molecular weight excluding hydrogens is 794 g/mol. The number of ether oxygens (including phenoxy) is 1. The number of fused-ring (bicyclic) bond motifs is 3. The van der Waals surface area contributed by atoms with Crippen molar-refractivity contribution in [3.8, 4) is 11.1 Å². The average Bonchev–Trinajstić information content (AvgIpc) is 3.55. The van der Waals surface area contributed by atoms with Crippen LogP contribution in [-0.4, -0.2) is 103 Å². The lowest BCUT2D eigenvalue weighted by Crippen LogP contribution is -2.57. The molecule has 3 aromatic rings. The summed E-state index contributed by atoms with van der Waals surface area (Å²) >= 11 is 5.98. The lowest BCUT2D eigenvalue weighted by molar-refractivity contribution is -0.142. The first-order chi connectivity index (χ1) is 28.8. The normalized spacial score (nSPS) is 13.7. The van der Waals surface area contributed by atoms with E-state index in [1.165, 1.54) is 0 Å². The predicted molar refractivity (Wildman–Crippen MR) is 225 cm³/mol. The second kappa shape index (κ2) is 23.6. The summed E-state index contributed by atoms with van der Waals surface area (Å²) in [7, 11) is 0. The number of carbonyl (C=O) groups excluding carboxylic acids is 6. The first-order valence-corrected chi connectivity index (χ1v) is 20.4. The number of rotatable bonds is 23. The van der Waals surface area contributed by atoms with Gasteiger partial charge in [0.15, 0.2) is 0 Å². The first-order valence-electron chi connectivity index (χ1n) is 19.9. The maximum Gasteiger partial charge on any atom is 0.407 e. The summed E-state index contributed by atoms with van der Waals surface area (Å²) in [6, 6.07) is 19.8. The van der Waals surface area contributed by atoms with Crippen molar-refractivity contribution in [2.45, 2.75) is 76.0 Å². The molecule has 60 heavy (non-hydrogen) atoms. The third kappa shape index (κ3) is 14.1. The Kier molecular flexibility index (Phi) is 18.3. The minimum absolute atomic E-state index is 0.0197. The third-order valence-electron chi connectivity index (χ3n) is 9.81. The summed E-state index contributed by atoms with van der Waals surface area (Å²) in [4.78, 5) is 90.2. The predicted octanol–water partition coefficient (Wildman–Crippen LogP) is 2.32. The van der Waals surface area contributed by atoms with Crippen LogP contribution in [0.1, 0.15) is 62.1 Å². The van der Waals surface area contributed by atoms with Gasteiger partial charge in [-0.25, -0.2) is 9.59 Å². The van der Waals surface area contributed by atoms with Crippen molar-refractivity contribution < 1.29 is 43.4 Å². The molecule has 4 atom stereocenters. The van der Waals surface area contributed by atoms with E-state index >= 15 is 0 Å². The molecule has 0 saturated heterocycles. The number of carbonyl (C=O) groups is 7. The lowest BCUT2D eigenvalue weighted by atomic mass is 9.98. The van der Waals surface area contributed by atoms with Crippen LogP contribution in [0.25, 0.3) is 11.1 Å². The van der Waals surface area contributed by atoms with Crippen LogP contribution in [0.2, 0.25) is 0 Å². The summed E-state index contributed by atoms with van der Waals surface area (Å²) < 4.78 is 5.50. The molecule has 0 aromatic heterocycles. The molecular formula is C43H54ClN7O9. The Morgan fingerprint density at radius 2 is 1.27 bits per heavy atom. The highest BCUT2D eigenvalue weighted by atomic mass is 35.5. The number of hydrogen-bond donors (Lipinski definition) is 8. The van der Waals surface area contributed by atoms with Crippen LogP contribution in [-0.2, 0) is 39.9 Å². The van der Waals surface area contributed by atoms with E-state index in [0.717, 1.165) is 22.3 Å². The van der Waals surface area contributed by atoms with Gasteiger partial charge in [-0.3, -0.25) is 24.0 Å². The molecule has 322 valence electrons. The fourth-order valence-electron chi connectivity index (χ4n) is 6.79. The zero-order valence-corrected chi connectivity index (χ0v) is 34.5. The number of carboxylic acids is 1. The molecule has 0 aliphatic heterocycles. The first kappa shape index (κ1) is 46.7. The van der Waals surface area contributed by atoms with Crippen molar-refractivity contribution in [2.75, 3.05) is 32.1 Å². The number of nitrogens with two attached hydrogens (primary N) is 1. The average molecular weight is 848 g/mol. The Bertz CT molecular complexity index is 1920. The molecule has 1 aliphatic rings. The SMILES string of the molecule is CC(C)C[C@H](NC(=O)[C@H](Cc1ccccc1)NC(=O)CNC(=O)CNC(=O)[C@H](CCl)NC(=O)OCC1c2ccccc2-c2ccccc21)C(=O)N[C@@H](CCCCN)C(=O)O. The number of benzene rings is 3. The van der Waals surface area contributed by atoms with E-state index in [0.29, 0.717) is 24.9 Å². The van der Waals surface area contributed by atoms with Crippen LogP contribution in [0.15, 0.2) is 78.9 Å². The van der Waals surface area contributed by atoms with E-state index < -0.39 is 78.9 Å². The molecule has 0 spiro atoms. The molecule has 0 heterocycles. The summed E-state index contributed by atoms with van der Waals surface area (Å²) in [6.45, 7) is 2.95. The Labute approximate surface area is 354 Å². The topological polar surface area (TPSA) is 247 Å². The van der Waals surface area contributed by atoms with Crippen molar-refractivity contribution in [1.29, 1.82) is 0 Å². The van der Waals surface area contributed by atoms with Crippen LogP contribution in [0, 0.1) is 5.92 Å². The van der Waals surface area contributed by atoms with Crippen molar-refractivity contribution in [3.63, 3.8) is 0 Å². The second-order valence-corrected chi connectivity index (χ2v) is 15.2. The van der Waals surface area contributed by atoms with Crippen molar-refractivity contribution in [3.05, 3.63) is 95.6 Å². The highest BCUT2D eigenvalue weighted by Crippen LogP contribution is 2.44. The zero-order valence-electron chi connectivity index (χ0n) is 33.7. The maximum atomic E-state index is 13.7. The smallest absolute Gasteiger partial charge is 0.407 e. The number of alkyl carbamates (subject to hydrolysis) is 1. The maximum absolute atomic E-state index is 13.7. The van der Waals surface area contributed by atoms with Crippen molar-refractivity contribution >= 4 is 53.2 Å². The number of hydrogen-bond acceptors (Lipinski definition) is 9. The standard InChI is InChI=1S/C43H54ClN7O9/c1-26(2)20-34(40(55)49-33(42(57)58)18-10-11-19-45)50-41(56)35(21-27-12-4-3-5-13-27)48-38(53)24-46-37(52)23-47-39(54)36(22-44)51-43(59)60-25-32-30-16-8-6-14-28(30)29-15-7-9-17-31(29)32/h3-9,12-17,26,32-36H,10-11,18-25,45H2,1-2H3,(H,46,52)(H,47,54)(H,48,53)(H,49,55)(H,50,56)(H,51,59)(H,57,58)/t33-,34-,35-,36-/m0/s1. The van der Waals surface area contributed by atoms with Crippen LogP contribution in [0.3, 0.4) is 0 Å². The molecule has 0 bridgehead atoms. The number of halogens is 1. The summed E-state index contributed by atoms with van der Waals surface area (Å²) in [5.74, 6) is -5.42. The highest BCUT2D eigenvalue weighted by Gasteiger charge is 2.32. The second-order valence-electron chi connectivity index (χ2n) is 14.9. The van der Waals surface area contributed by atoms with Gasteiger partial charge in [0.1, 0.15) is 30.8 Å². The van der Waals surface area contributed by atoms with E-state index in [1.54, 1.807) is 30.3 Å². The minimum atomic E-state index is -1.23. The molecule has 17 heteroatoms. The van der Waals surface area contributed by atoms with Gasteiger partial charge in [-0.05, 0) is 66.0 Å². The van der Waals surface area contributed by atoms with Gasteiger partial charge in [-0.15, -0.1) is 11.6 Å². The van der Waals surface area contributed by atoms with Crippen LogP contribution < -0.4 is 37.6 Å². The van der Waals surface area contributed by atoms with Crippen molar-refractivity contribution in [1.82, 2.24) is 31.9 Å². The van der Waals surface area contributed by atoms with Gasteiger partial charge in [-0.2, -0.15) is 0 Å². The molecule has 0 unspecified atom stereocenters. The lowest BCUT2D eigenvalue weighted by Gasteiger charge is -2.25. The Balaban J connectivity index is 1.28. The Morgan fingerprint density at radius 1 is 0.683 bits per heavy atom. The fraction of sp³-hybridized carbons (Fsp3) is 0.419. The largest absolute Gasteiger partial charge is 0.480 e. The van der Waals surface area contributed by atoms with Crippen LogP contribution in [0.5, 0.6) is 0 Å². The van der Waals surface area contributed by atoms with Gasteiger partial charge in [0, 0.05) is 12.3 Å². The minimum Gasteiger partial charge on any atom is -0.480 e. The molecule has 0 saturated carbocycles. The number of unbranched alkanes of at least 4 members (excludes halogenated alkanes) is 1. The molecule has 0 fully saturated rings. The number of aliphatic carboxylic acids is 1. The van der Waals surface area contributed by atoms with E-state index in [2.05, 4.69) is 31.9 Å². The summed E-state index contributed by atoms with van der Waals surface area (Å²) in [5.41, 5.74) is 10.4. The highest BCUT2D eigenvalue weighted by molar-refractivity contribution is 6.20. The molecule has 16 nitrogen and oxygen atoms in total. The quantitative estimate of drug-likeness (QED) is 0.0511. The molecule has 0 radical (unpaired) electrons. The van der Waals surface area contributed by atoms with Gasteiger partial charge in [-0.1, -0.05) is 92.7 Å². The van der Waals surface area contributed by atoms with Gasteiger partial charge in [0.25, 0.3) is 0 Å². The van der Waals surface area contributed by atoms with Gasteiger partial charge < -0.3 is 47.5 Å². The summed E-state index contributed by atoms with van der Waals surface area (Å²) in [6.07, 6.45) is 0.579. The number of nitrogens with one attached hydrogen (secondary N) is 6. The Morgan fingerprint density at radius 3 is 1.87 bits per heavy atom. The van der Waals surface area contributed by atoms with E-state index in [4.69, 9.17) is 22.1 Å². The third-order valence-corrected chi connectivity index (χ3v) is 10.1. The summed E-state index contributed by atoms with van der Waals surface area (Å²) in [5, 5.41) is 24.7. The molecule has 9 N–H and O–H groups in total. The van der Waals surface area contributed by atoms with E-state index in [-0.39, 0.29) is 43.6 Å². The van der Waals surface area contributed by atoms with Gasteiger partial charge >= 0.3 is 12.1 Å². The van der Waals surface area contributed by atoms with Gasteiger partial charge in [0.2, 0.25) is 29.5 Å². The number of alkyl halides is 1. The van der Waals surface area contributed by atoms with E-state index in [9.17, 15) is 38.7 Å².